The number of aryl methyl sites for hydroxylation is 1. The molecule has 446 valence electrons. The van der Waals surface area contributed by atoms with Crippen LogP contribution >= 0.6 is 0 Å². The molecule has 2 aromatic rings. The van der Waals surface area contributed by atoms with Crippen molar-refractivity contribution in [2.45, 2.75) is 225 Å². The Morgan fingerprint density at radius 3 is 2.16 bits per heavy atom. The molecule has 5 N–H and O–H groups in total. The molecule has 0 saturated carbocycles. The van der Waals surface area contributed by atoms with Crippen LogP contribution in [0.3, 0.4) is 0 Å². The number of esters is 2. The molecule has 6 rings (SSSR count). The Balaban J connectivity index is 1.19. The van der Waals surface area contributed by atoms with Crippen LogP contribution in [0.5, 0.6) is 0 Å². The molecule has 4 aliphatic rings. The number of hydrogen-bond donors (Lipinski definition) is 5. The van der Waals surface area contributed by atoms with Crippen LogP contribution in [0.1, 0.15) is 143 Å². The smallest absolute Gasteiger partial charge is 0.341 e. The number of carboxylic acid groups (broad SMARTS) is 1. The van der Waals surface area contributed by atoms with Crippen LogP contribution in [-0.2, 0) is 75.8 Å². The van der Waals surface area contributed by atoms with Crippen molar-refractivity contribution in [3.63, 3.8) is 0 Å². The van der Waals surface area contributed by atoms with Gasteiger partial charge in [0.25, 0.3) is 0 Å². The van der Waals surface area contributed by atoms with Crippen molar-refractivity contribution in [2.75, 3.05) is 41.4 Å². The molecule has 4 aliphatic heterocycles. The molecule has 79 heavy (non-hydrogen) atoms. The summed E-state index contributed by atoms with van der Waals surface area (Å²) in [4.78, 5) is 69.6. The summed E-state index contributed by atoms with van der Waals surface area (Å²) >= 11 is 0. The number of ether oxygens (including phenoxy) is 9. The number of Topliss-reactive ketones (excluding diaryl/α,β-unsaturated/α-hetero) is 1. The van der Waals surface area contributed by atoms with E-state index in [1.807, 2.05) is 52.8 Å². The van der Waals surface area contributed by atoms with E-state index >= 15 is 0 Å². The van der Waals surface area contributed by atoms with Crippen LogP contribution in [-0.4, -0.2) is 179 Å². The van der Waals surface area contributed by atoms with Crippen molar-refractivity contribution < 1.29 is 82.2 Å². The number of aliphatic hydroxyl groups is 3. The second-order valence-corrected chi connectivity index (χ2v) is 24.1. The van der Waals surface area contributed by atoms with Gasteiger partial charge in [-0.15, -0.1) is 0 Å². The molecule has 0 amide bonds. The molecule has 0 unspecified atom stereocenters. The van der Waals surface area contributed by atoms with Gasteiger partial charge in [-0.3, -0.25) is 19.2 Å². The van der Waals surface area contributed by atoms with Crippen molar-refractivity contribution in [3.05, 3.63) is 45.2 Å². The number of ketones is 1. The third-order valence-corrected chi connectivity index (χ3v) is 17.4. The standard InChI is InChI=1S/C58H91N3O18/c1-17-41-58(12,70)49(66)32(4)45(63)30(2)26-56(10,71-15)50(79-54-47(65)40(60(13)14)23-31(3)74-54)33(5)48(34(6)53(69)76-41)78-43-27-57(11,72-16)51(35(7)75-43)77-42(62)20-22-59-21-18-19-36-24-37-29-73-55(8,9)61-28-39(52(67)68)46(64)38(25-36)44(37)61/h24-25,28,30-35,40-41,43,47-51,54,59,65-66,70H,17-23,26-27,29H2,1-16H3,(H,67,68)/t30-,31+,32+,33+,34-,35+,40-,41-,43+,47+,48+,49-,50-,51+,54-,56-,57-,58-/m1/s1. The lowest BCUT2D eigenvalue weighted by atomic mass is 9.74. The average molecular weight is 1120 g/mol. The zero-order chi connectivity index (χ0) is 58.9. The first-order chi connectivity index (χ1) is 36.9. The molecule has 1 aromatic carbocycles. The number of methoxy groups -OCH3 is 2. The third kappa shape index (κ3) is 13.8. The summed E-state index contributed by atoms with van der Waals surface area (Å²) in [6, 6.07) is 3.40. The van der Waals surface area contributed by atoms with Crippen LogP contribution in [0, 0.1) is 23.7 Å². The summed E-state index contributed by atoms with van der Waals surface area (Å²) in [6.45, 7) is 21.7. The first-order valence-electron chi connectivity index (χ1n) is 28.1. The number of aromatic carboxylic acids is 1. The van der Waals surface area contributed by atoms with E-state index in [0.717, 1.165) is 11.1 Å². The van der Waals surface area contributed by atoms with Crippen molar-refractivity contribution in [2.24, 2.45) is 23.7 Å². The number of nitrogens with one attached hydrogen (secondary N) is 1. The molecule has 0 spiro atoms. The Morgan fingerprint density at radius 2 is 1.54 bits per heavy atom. The van der Waals surface area contributed by atoms with Gasteiger partial charge in [0.05, 0.1) is 60.6 Å². The normalized spacial score (nSPS) is 37.6. The first kappa shape index (κ1) is 64.2. The molecule has 5 heterocycles. The predicted molar refractivity (Wildman–Crippen MR) is 290 cm³/mol. The largest absolute Gasteiger partial charge is 0.477 e. The summed E-state index contributed by atoms with van der Waals surface area (Å²) in [7, 11) is 6.72. The number of cyclic esters (lactones) is 1. The van der Waals surface area contributed by atoms with E-state index < -0.39 is 125 Å². The molecule has 0 radical (unpaired) electrons. The fourth-order valence-electron chi connectivity index (χ4n) is 12.5. The van der Waals surface area contributed by atoms with Gasteiger partial charge in [-0.1, -0.05) is 33.8 Å². The highest BCUT2D eigenvalue weighted by atomic mass is 16.7. The molecule has 1 aromatic heterocycles. The number of carboxylic acids is 1. The Kier molecular flexibility index (Phi) is 20.9. The Hall–Kier alpha value is -3.97. The maximum absolute atomic E-state index is 14.6. The Bertz CT molecular complexity index is 2540. The summed E-state index contributed by atoms with van der Waals surface area (Å²) < 4.78 is 59.1. The van der Waals surface area contributed by atoms with Crippen molar-refractivity contribution in [1.29, 1.82) is 0 Å². The van der Waals surface area contributed by atoms with Gasteiger partial charge in [-0.25, -0.2) is 4.79 Å². The van der Waals surface area contributed by atoms with Crippen LogP contribution in [0.25, 0.3) is 10.9 Å². The molecule has 3 saturated heterocycles. The van der Waals surface area contributed by atoms with Crippen molar-refractivity contribution in [3.8, 4) is 0 Å². The van der Waals surface area contributed by atoms with Gasteiger partial charge in [0.15, 0.2) is 18.7 Å². The molecule has 0 bridgehead atoms. The molecule has 21 heteroatoms. The van der Waals surface area contributed by atoms with E-state index in [1.54, 1.807) is 52.2 Å². The minimum atomic E-state index is -2.03. The third-order valence-electron chi connectivity index (χ3n) is 17.4. The second-order valence-electron chi connectivity index (χ2n) is 24.1. The monoisotopic (exact) mass is 1120 g/mol. The van der Waals surface area contributed by atoms with Gasteiger partial charge in [-0.05, 0) is 120 Å². The second kappa shape index (κ2) is 25.7. The minimum absolute atomic E-state index is 0.0197. The topological polar surface area (TPSA) is 270 Å². The number of hydrogen-bond acceptors (Lipinski definition) is 19. The van der Waals surface area contributed by atoms with Gasteiger partial charge >= 0.3 is 17.9 Å². The highest BCUT2D eigenvalue weighted by molar-refractivity contribution is 5.94. The van der Waals surface area contributed by atoms with Crippen LogP contribution in [0.4, 0.5) is 0 Å². The maximum Gasteiger partial charge on any atom is 0.341 e. The lowest BCUT2D eigenvalue weighted by molar-refractivity contribution is -0.320. The molecule has 21 nitrogen and oxygen atoms in total. The fourth-order valence-corrected chi connectivity index (χ4v) is 12.5. The Labute approximate surface area is 465 Å². The lowest BCUT2D eigenvalue weighted by Gasteiger charge is -2.50. The average Bonchev–Trinajstić information content (AvgIpc) is 3.40. The SMILES string of the molecule is CC[C@H]1OC(=O)[C@H](C)[C@@H](O[C@H]2C[C@@](C)(OC)[C@@H](OC(=O)CCNCCCc3cc4c5c(c3)c(=O)c(C(=O)O)cn5C(C)(C)OC4)[C@H](C)O2)[C@H](C)[C@@H](O[C@H]2O[C@@H](C)C[C@@H](N(C)C)[C@@H]2O)[C@](C)(OC)C[C@@H](C)C(=O)[C@H](C)[C@@H](O)[C@]1(C)O. The van der Waals surface area contributed by atoms with Gasteiger partial charge < -0.3 is 77.8 Å². The van der Waals surface area contributed by atoms with E-state index in [9.17, 15) is 44.4 Å². The molecular weight excluding hydrogens is 1030 g/mol. The number of pyridine rings is 1. The molecular formula is C58H91N3O18. The highest BCUT2D eigenvalue weighted by Crippen LogP contribution is 2.43. The molecule has 0 aliphatic carbocycles. The number of aromatic nitrogens is 1. The van der Waals surface area contributed by atoms with Crippen molar-refractivity contribution in [1.82, 2.24) is 14.8 Å². The van der Waals surface area contributed by atoms with E-state index in [-0.39, 0.29) is 55.8 Å². The number of carbonyl (C=O) groups excluding carboxylic acids is 3. The number of carbonyl (C=O) groups is 4. The summed E-state index contributed by atoms with van der Waals surface area (Å²) in [5.41, 5.74) is -3.93. The zero-order valence-corrected chi connectivity index (χ0v) is 49.4. The van der Waals surface area contributed by atoms with Crippen LogP contribution in [0.2, 0.25) is 0 Å². The quantitative estimate of drug-likeness (QED) is 0.105. The van der Waals surface area contributed by atoms with Crippen LogP contribution in [0.15, 0.2) is 23.1 Å². The lowest BCUT2D eigenvalue weighted by Crippen LogP contribution is -2.61. The first-order valence-corrected chi connectivity index (χ1v) is 28.1. The minimum Gasteiger partial charge on any atom is -0.477 e. The zero-order valence-electron chi connectivity index (χ0n) is 49.4. The van der Waals surface area contributed by atoms with Crippen LogP contribution < -0.4 is 10.7 Å². The van der Waals surface area contributed by atoms with Gasteiger partial charge in [0, 0.05) is 68.1 Å². The molecule has 3 fully saturated rings. The number of likely N-dealkylation sites (N-methyl/N-ethyl adjacent to an activating group) is 1. The van der Waals surface area contributed by atoms with E-state index in [4.69, 9.17) is 42.6 Å². The van der Waals surface area contributed by atoms with Gasteiger partial charge in [-0.2, -0.15) is 0 Å². The number of aliphatic hydroxyl groups excluding tert-OH is 2. The van der Waals surface area contributed by atoms with Gasteiger partial charge in [0.2, 0.25) is 5.43 Å². The number of benzene rings is 1. The Morgan fingerprint density at radius 1 is 0.886 bits per heavy atom. The van der Waals surface area contributed by atoms with E-state index in [0.29, 0.717) is 43.3 Å². The maximum atomic E-state index is 14.6. The fraction of sp³-hybridized carbons (Fsp3) is 0.776. The highest BCUT2D eigenvalue weighted by Gasteiger charge is 2.55. The summed E-state index contributed by atoms with van der Waals surface area (Å²) in [5, 5.41) is 48.7. The number of rotatable bonds is 17. The van der Waals surface area contributed by atoms with Crippen molar-refractivity contribution >= 4 is 34.6 Å². The summed E-state index contributed by atoms with van der Waals surface area (Å²) in [6.07, 6.45) is -7.07. The predicted octanol–water partition coefficient (Wildman–Crippen LogP) is 4.84. The van der Waals surface area contributed by atoms with E-state index in [2.05, 4.69) is 5.32 Å². The molecule has 18 atom stereocenters. The number of nitrogens with zero attached hydrogens (tertiary/aromatic N) is 2. The van der Waals surface area contributed by atoms with Gasteiger partial charge in [0.1, 0.15) is 40.5 Å². The van der Waals surface area contributed by atoms with E-state index in [1.165, 1.54) is 34.3 Å². The summed E-state index contributed by atoms with van der Waals surface area (Å²) in [5.74, 6) is -6.67.